The summed E-state index contributed by atoms with van der Waals surface area (Å²) in [5.41, 5.74) is 0. The van der Waals surface area contributed by atoms with E-state index in [1.54, 1.807) is 0 Å². The van der Waals surface area contributed by atoms with E-state index in [4.69, 9.17) is 37.0 Å². The molecule has 0 saturated heterocycles. The molecule has 98 heavy (non-hydrogen) atoms. The van der Waals surface area contributed by atoms with Crippen LogP contribution in [-0.4, -0.2) is 96.7 Å². The van der Waals surface area contributed by atoms with Crippen LogP contribution in [0.1, 0.15) is 414 Å². The van der Waals surface area contributed by atoms with Crippen molar-refractivity contribution in [2.45, 2.75) is 432 Å². The molecule has 19 heteroatoms. The van der Waals surface area contributed by atoms with Crippen molar-refractivity contribution in [2.24, 2.45) is 11.8 Å². The Bertz CT molecular complexity index is 1890. The van der Waals surface area contributed by atoms with E-state index in [-0.39, 0.29) is 25.7 Å². The molecule has 0 aliphatic carbocycles. The number of ether oxygens (including phenoxy) is 4. The Balaban J connectivity index is 5.16. The second kappa shape index (κ2) is 70.7. The molecule has 0 aromatic rings. The third kappa shape index (κ3) is 69.8. The minimum Gasteiger partial charge on any atom is -0.462 e. The zero-order valence-corrected chi connectivity index (χ0v) is 65.9. The number of unbranched alkanes of at least 4 members (excludes halogenated alkanes) is 46. The van der Waals surface area contributed by atoms with E-state index >= 15 is 0 Å². The van der Waals surface area contributed by atoms with Gasteiger partial charge in [0.2, 0.25) is 0 Å². The number of aliphatic hydroxyl groups is 1. The molecular formula is C79H154O17P2. The third-order valence-electron chi connectivity index (χ3n) is 19.2. The third-order valence-corrected chi connectivity index (χ3v) is 21.1. The van der Waals surface area contributed by atoms with Crippen molar-refractivity contribution < 1.29 is 80.2 Å². The lowest BCUT2D eigenvalue weighted by Gasteiger charge is -2.21. The summed E-state index contributed by atoms with van der Waals surface area (Å²) in [5.74, 6) is -0.394. The summed E-state index contributed by atoms with van der Waals surface area (Å²) in [4.78, 5) is 72.8. The molecule has 0 spiro atoms. The van der Waals surface area contributed by atoms with Crippen molar-refractivity contribution in [1.29, 1.82) is 0 Å². The quantitative estimate of drug-likeness (QED) is 0.0222. The Morgan fingerprint density at radius 3 is 0.724 bits per heavy atom. The molecule has 0 aromatic carbocycles. The summed E-state index contributed by atoms with van der Waals surface area (Å²) in [7, 11) is -9.91. The molecule has 582 valence electrons. The normalized spacial score (nSPS) is 14.5. The second-order valence-electron chi connectivity index (χ2n) is 28.9. The van der Waals surface area contributed by atoms with Crippen molar-refractivity contribution in [3.8, 4) is 0 Å². The number of phosphoric ester groups is 2. The van der Waals surface area contributed by atoms with Gasteiger partial charge >= 0.3 is 39.5 Å². The number of carbonyl (C=O) groups is 4. The first-order valence-corrected chi connectivity index (χ1v) is 44.1. The molecule has 0 aliphatic heterocycles. The van der Waals surface area contributed by atoms with E-state index < -0.39 is 97.5 Å². The van der Waals surface area contributed by atoms with Gasteiger partial charge in [-0.05, 0) is 37.5 Å². The molecule has 0 bridgehead atoms. The maximum Gasteiger partial charge on any atom is 0.472 e. The maximum absolute atomic E-state index is 13.1. The topological polar surface area (TPSA) is 237 Å². The van der Waals surface area contributed by atoms with Gasteiger partial charge in [-0.25, -0.2) is 9.13 Å². The second-order valence-corrected chi connectivity index (χ2v) is 31.8. The predicted octanol–water partition coefficient (Wildman–Crippen LogP) is 23.5. The zero-order valence-electron chi connectivity index (χ0n) is 64.1. The Labute approximate surface area is 600 Å². The fraction of sp³-hybridized carbons (Fsp3) is 0.949. The first-order valence-electron chi connectivity index (χ1n) is 41.1. The van der Waals surface area contributed by atoms with E-state index in [9.17, 15) is 43.2 Å². The summed E-state index contributed by atoms with van der Waals surface area (Å²) in [5, 5.41) is 10.6. The minimum atomic E-state index is -4.96. The highest BCUT2D eigenvalue weighted by atomic mass is 31.2. The van der Waals surface area contributed by atoms with Gasteiger partial charge in [0, 0.05) is 25.7 Å². The van der Waals surface area contributed by atoms with Gasteiger partial charge in [-0.3, -0.25) is 37.3 Å². The Hall–Kier alpha value is -1.94. The van der Waals surface area contributed by atoms with Gasteiger partial charge in [0.1, 0.15) is 19.3 Å². The number of hydrogen-bond donors (Lipinski definition) is 3. The van der Waals surface area contributed by atoms with Gasteiger partial charge in [0.15, 0.2) is 12.2 Å². The van der Waals surface area contributed by atoms with Gasteiger partial charge in [0.05, 0.1) is 26.4 Å². The number of carbonyl (C=O) groups excluding carboxylic acids is 4. The number of hydrogen-bond acceptors (Lipinski definition) is 15. The average molecular weight is 1440 g/mol. The molecule has 0 aliphatic rings. The number of esters is 4. The van der Waals surface area contributed by atoms with Crippen LogP contribution in [0.5, 0.6) is 0 Å². The van der Waals surface area contributed by atoms with Crippen LogP contribution in [0.15, 0.2) is 0 Å². The van der Waals surface area contributed by atoms with Crippen LogP contribution in [0.3, 0.4) is 0 Å². The Morgan fingerprint density at radius 1 is 0.286 bits per heavy atom. The Kier molecular flexibility index (Phi) is 69.3. The fourth-order valence-electron chi connectivity index (χ4n) is 12.1. The fourth-order valence-corrected chi connectivity index (χ4v) is 13.7. The van der Waals surface area contributed by atoms with Crippen molar-refractivity contribution >= 4 is 39.5 Å². The summed E-state index contributed by atoms with van der Waals surface area (Å²) < 4.78 is 68.5. The van der Waals surface area contributed by atoms with E-state index in [0.717, 1.165) is 102 Å². The summed E-state index contributed by atoms with van der Waals surface area (Å²) >= 11 is 0. The summed E-state index contributed by atoms with van der Waals surface area (Å²) in [6.45, 7) is 9.70. The molecule has 4 unspecified atom stereocenters. The molecule has 0 rings (SSSR count). The van der Waals surface area contributed by atoms with Gasteiger partial charge in [-0.1, -0.05) is 363 Å². The average Bonchev–Trinajstić information content (AvgIpc) is 0.957. The molecule has 0 fully saturated rings. The summed E-state index contributed by atoms with van der Waals surface area (Å²) in [6.07, 6.45) is 59.7. The zero-order chi connectivity index (χ0) is 72.1. The molecule has 0 saturated carbocycles. The van der Waals surface area contributed by atoms with E-state index in [0.29, 0.717) is 25.7 Å². The number of aliphatic hydroxyl groups excluding tert-OH is 1. The lowest BCUT2D eigenvalue weighted by molar-refractivity contribution is -0.161. The van der Waals surface area contributed by atoms with Gasteiger partial charge < -0.3 is 33.8 Å². The van der Waals surface area contributed by atoms with Crippen LogP contribution in [0, 0.1) is 11.8 Å². The SMILES string of the molecule is CCCCCCCCCCCC(=O)OC[C@H](COP(=O)(O)OC[C@H](O)COP(=O)(O)OC[C@@H](COC(=O)CCCCCCCCCCCCCCCCC(C)CC)OC(=O)CCCCCCCCCCCCCCCCCCCCC(C)CC)OC(=O)CCCCCCCCCCC. The predicted molar refractivity (Wildman–Crippen MR) is 400 cm³/mol. The molecule has 7 atom stereocenters. The van der Waals surface area contributed by atoms with Crippen LogP contribution in [0.2, 0.25) is 0 Å². The summed E-state index contributed by atoms with van der Waals surface area (Å²) in [6, 6.07) is 0. The first-order chi connectivity index (χ1) is 47.4. The van der Waals surface area contributed by atoms with Crippen LogP contribution < -0.4 is 0 Å². The number of rotatable bonds is 78. The molecule has 17 nitrogen and oxygen atoms in total. The number of phosphoric acid groups is 2. The monoisotopic (exact) mass is 1440 g/mol. The van der Waals surface area contributed by atoms with E-state index in [2.05, 4.69) is 41.5 Å². The van der Waals surface area contributed by atoms with Gasteiger partial charge in [0.25, 0.3) is 0 Å². The van der Waals surface area contributed by atoms with Crippen molar-refractivity contribution in [2.75, 3.05) is 39.6 Å². The van der Waals surface area contributed by atoms with Crippen LogP contribution in [0.25, 0.3) is 0 Å². The largest absolute Gasteiger partial charge is 0.472 e. The van der Waals surface area contributed by atoms with Crippen molar-refractivity contribution in [3.63, 3.8) is 0 Å². The van der Waals surface area contributed by atoms with Gasteiger partial charge in [-0.2, -0.15) is 0 Å². The van der Waals surface area contributed by atoms with E-state index in [1.165, 1.54) is 231 Å². The Morgan fingerprint density at radius 2 is 0.490 bits per heavy atom. The maximum atomic E-state index is 13.1. The van der Waals surface area contributed by atoms with E-state index in [1.807, 2.05) is 0 Å². The molecule has 0 amide bonds. The van der Waals surface area contributed by atoms with Crippen molar-refractivity contribution in [3.05, 3.63) is 0 Å². The first kappa shape index (κ1) is 96.1. The molecule has 0 heterocycles. The molecule has 3 N–H and O–H groups in total. The molecule has 0 radical (unpaired) electrons. The minimum absolute atomic E-state index is 0.106. The lowest BCUT2D eigenvalue weighted by atomic mass is 9.99. The lowest BCUT2D eigenvalue weighted by Crippen LogP contribution is -2.30. The highest BCUT2D eigenvalue weighted by Crippen LogP contribution is 2.45. The highest BCUT2D eigenvalue weighted by molar-refractivity contribution is 7.47. The highest BCUT2D eigenvalue weighted by Gasteiger charge is 2.30. The molecular weight excluding hydrogens is 1280 g/mol. The van der Waals surface area contributed by atoms with Gasteiger partial charge in [-0.15, -0.1) is 0 Å². The van der Waals surface area contributed by atoms with Crippen LogP contribution in [-0.2, 0) is 65.4 Å². The molecule has 0 aromatic heterocycles. The van der Waals surface area contributed by atoms with Crippen LogP contribution in [0.4, 0.5) is 0 Å². The van der Waals surface area contributed by atoms with Crippen molar-refractivity contribution in [1.82, 2.24) is 0 Å². The standard InChI is InChI=1S/C79H154O17P2/c1-7-11-13-15-17-35-43-49-55-61-76(81)89-67-74(95-78(83)63-57-51-45-36-18-16-14-12-8-2)69-93-97(85,86)91-65-73(80)66-92-98(87,88)94-70-75(68-90-77(82)62-56-50-44-39-33-29-26-25-28-32-38-42-48-54-60-72(6)10-4)96-79(84)64-58-52-46-40-34-30-24-22-20-19-21-23-27-31-37-41-47-53-59-71(5)9-3/h71-75,80H,7-70H2,1-6H3,(H,85,86)(H,87,88)/t71?,72?,73-,74+,75+/m0/s1. The smallest absolute Gasteiger partial charge is 0.462 e. The van der Waals surface area contributed by atoms with Crippen LogP contribution >= 0.6 is 15.6 Å².